The third-order valence-corrected chi connectivity index (χ3v) is 4.44. The molecule has 0 fully saturated rings. The summed E-state index contributed by atoms with van der Waals surface area (Å²) in [6.07, 6.45) is 9.70. The molecule has 0 bridgehead atoms. The normalized spacial score (nSPS) is 11.0. The predicted octanol–water partition coefficient (Wildman–Crippen LogP) is 3.87. The standard InChI is InChI=1S/C13H12N2O3.C11H8N2O/c1-18-12(13(16)17)10-4-2-9(3-5-10)11-8-14-6-7-15-11;14-8-9-1-3-10(4-2-9)11-7-12-5-6-13-11/h2-8,12H,1H3,(H,16,17);1-8H. The van der Waals surface area contributed by atoms with Gasteiger partial charge in [0.05, 0.1) is 23.8 Å². The number of hydrogen-bond acceptors (Lipinski definition) is 7. The van der Waals surface area contributed by atoms with Crippen molar-refractivity contribution >= 4 is 12.3 Å². The van der Waals surface area contributed by atoms with Crippen molar-refractivity contribution in [1.82, 2.24) is 19.9 Å². The molecule has 4 aromatic rings. The molecule has 0 saturated carbocycles. The molecule has 32 heavy (non-hydrogen) atoms. The number of carbonyl (C=O) groups excluding carboxylic acids is 1. The summed E-state index contributed by atoms with van der Waals surface area (Å²) >= 11 is 0. The molecule has 0 saturated heterocycles. The number of aliphatic carboxylic acids is 1. The lowest BCUT2D eigenvalue weighted by Gasteiger charge is -2.11. The average molecular weight is 428 g/mol. The van der Waals surface area contributed by atoms with E-state index in [1.165, 1.54) is 7.11 Å². The van der Waals surface area contributed by atoms with Crippen LogP contribution >= 0.6 is 0 Å². The Kier molecular flexibility index (Phi) is 7.83. The summed E-state index contributed by atoms with van der Waals surface area (Å²) in [6.45, 7) is 0. The third kappa shape index (κ3) is 5.87. The van der Waals surface area contributed by atoms with Crippen LogP contribution in [0.4, 0.5) is 0 Å². The van der Waals surface area contributed by atoms with Crippen LogP contribution < -0.4 is 0 Å². The Morgan fingerprint density at radius 3 is 1.72 bits per heavy atom. The highest BCUT2D eigenvalue weighted by Crippen LogP contribution is 2.21. The summed E-state index contributed by atoms with van der Waals surface area (Å²) in [4.78, 5) is 37.6. The maximum Gasteiger partial charge on any atom is 0.337 e. The molecule has 1 N–H and O–H groups in total. The van der Waals surface area contributed by atoms with E-state index < -0.39 is 12.1 Å². The Hall–Kier alpha value is -4.30. The van der Waals surface area contributed by atoms with Crippen molar-refractivity contribution in [2.75, 3.05) is 7.11 Å². The molecule has 2 heterocycles. The number of benzene rings is 2. The van der Waals surface area contributed by atoms with Crippen molar-refractivity contribution in [3.63, 3.8) is 0 Å². The van der Waals surface area contributed by atoms with E-state index in [0.717, 1.165) is 28.8 Å². The first-order valence-electron chi connectivity index (χ1n) is 9.56. The van der Waals surface area contributed by atoms with Gasteiger partial charge in [0, 0.05) is 48.6 Å². The molecule has 160 valence electrons. The monoisotopic (exact) mass is 428 g/mol. The summed E-state index contributed by atoms with van der Waals surface area (Å²) in [6, 6.07) is 14.3. The molecule has 8 nitrogen and oxygen atoms in total. The Morgan fingerprint density at radius 1 is 0.844 bits per heavy atom. The van der Waals surface area contributed by atoms with E-state index in [2.05, 4.69) is 19.9 Å². The Balaban J connectivity index is 0.000000186. The Bertz CT molecular complexity index is 1140. The van der Waals surface area contributed by atoms with E-state index in [0.29, 0.717) is 11.1 Å². The maximum absolute atomic E-state index is 10.9. The second kappa shape index (κ2) is 11.2. The van der Waals surface area contributed by atoms with Crippen LogP contribution in [0, 0.1) is 0 Å². The number of carbonyl (C=O) groups is 2. The van der Waals surface area contributed by atoms with Crippen molar-refractivity contribution in [3.05, 3.63) is 96.8 Å². The largest absolute Gasteiger partial charge is 0.479 e. The van der Waals surface area contributed by atoms with Gasteiger partial charge in [0.1, 0.15) is 6.29 Å². The Morgan fingerprint density at radius 2 is 1.34 bits per heavy atom. The highest BCUT2D eigenvalue weighted by molar-refractivity contribution is 5.76. The summed E-state index contributed by atoms with van der Waals surface area (Å²) in [5, 5.41) is 8.97. The quantitative estimate of drug-likeness (QED) is 0.460. The van der Waals surface area contributed by atoms with E-state index in [9.17, 15) is 9.59 Å². The summed E-state index contributed by atoms with van der Waals surface area (Å²) in [5.41, 5.74) is 4.66. The third-order valence-electron chi connectivity index (χ3n) is 4.44. The second-order valence-corrected chi connectivity index (χ2v) is 6.50. The van der Waals surface area contributed by atoms with Crippen LogP contribution in [-0.4, -0.2) is 44.4 Å². The van der Waals surface area contributed by atoms with Crippen LogP contribution in [0.1, 0.15) is 22.0 Å². The van der Waals surface area contributed by atoms with Crippen molar-refractivity contribution in [2.24, 2.45) is 0 Å². The molecule has 8 heteroatoms. The van der Waals surface area contributed by atoms with Crippen molar-refractivity contribution in [2.45, 2.75) is 6.10 Å². The van der Waals surface area contributed by atoms with Gasteiger partial charge in [0.25, 0.3) is 0 Å². The van der Waals surface area contributed by atoms with Crippen molar-refractivity contribution in [3.8, 4) is 22.5 Å². The van der Waals surface area contributed by atoms with Gasteiger partial charge in [-0.1, -0.05) is 48.5 Å². The molecule has 4 rings (SSSR count). The van der Waals surface area contributed by atoms with Crippen LogP contribution in [0.5, 0.6) is 0 Å². The van der Waals surface area contributed by atoms with Gasteiger partial charge in [-0.15, -0.1) is 0 Å². The minimum Gasteiger partial charge on any atom is -0.479 e. The fourth-order valence-electron chi connectivity index (χ4n) is 2.84. The van der Waals surface area contributed by atoms with Crippen LogP contribution in [0.2, 0.25) is 0 Å². The Labute approximate surface area is 184 Å². The first-order chi connectivity index (χ1) is 15.6. The molecule has 2 aromatic carbocycles. The van der Waals surface area contributed by atoms with Gasteiger partial charge in [-0.25, -0.2) is 4.79 Å². The molecule has 1 unspecified atom stereocenters. The van der Waals surface area contributed by atoms with E-state index in [1.807, 2.05) is 12.1 Å². The van der Waals surface area contributed by atoms with Gasteiger partial charge in [0.15, 0.2) is 6.10 Å². The van der Waals surface area contributed by atoms with Gasteiger partial charge in [-0.3, -0.25) is 24.7 Å². The minimum absolute atomic E-state index is 0.595. The number of aldehydes is 1. The zero-order valence-corrected chi connectivity index (χ0v) is 17.2. The lowest BCUT2D eigenvalue weighted by molar-refractivity contribution is -0.148. The number of carboxylic acids is 1. The van der Waals surface area contributed by atoms with Crippen molar-refractivity contribution in [1.29, 1.82) is 0 Å². The molecule has 1 atom stereocenters. The maximum atomic E-state index is 10.9. The zero-order valence-electron chi connectivity index (χ0n) is 17.2. The number of carboxylic acid groups (broad SMARTS) is 1. The van der Waals surface area contributed by atoms with Gasteiger partial charge in [0.2, 0.25) is 0 Å². The first kappa shape index (κ1) is 22.4. The lowest BCUT2D eigenvalue weighted by atomic mass is 10.1. The highest BCUT2D eigenvalue weighted by Gasteiger charge is 2.18. The molecule has 0 aliphatic heterocycles. The molecule has 0 radical (unpaired) electrons. The van der Waals surface area contributed by atoms with Crippen LogP contribution in [0.25, 0.3) is 22.5 Å². The van der Waals surface area contributed by atoms with E-state index in [4.69, 9.17) is 9.84 Å². The number of ether oxygens (including phenoxy) is 1. The summed E-state index contributed by atoms with van der Waals surface area (Å²) < 4.78 is 4.92. The van der Waals surface area contributed by atoms with Gasteiger partial charge in [-0.2, -0.15) is 0 Å². The van der Waals surface area contributed by atoms with Gasteiger partial charge >= 0.3 is 5.97 Å². The van der Waals surface area contributed by atoms with Crippen LogP contribution in [-0.2, 0) is 9.53 Å². The van der Waals surface area contributed by atoms with E-state index in [1.54, 1.807) is 73.6 Å². The highest BCUT2D eigenvalue weighted by atomic mass is 16.5. The lowest BCUT2D eigenvalue weighted by Crippen LogP contribution is -2.13. The fraction of sp³-hybridized carbons (Fsp3) is 0.0833. The average Bonchev–Trinajstić information content (AvgIpc) is 2.86. The predicted molar refractivity (Wildman–Crippen MR) is 118 cm³/mol. The fourth-order valence-corrected chi connectivity index (χ4v) is 2.84. The smallest absolute Gasteiger partial charge is 0.337 e. The van der Waals surface area contributed by atoms with Gasteiger partial charge in [-0.05, 0) is 5.56 Å². The second-order valence-electron chi connectivity index (χ2n) is 6.50. The molecule has 2 aromatic heterocycles. The first-order valence-corrected chi connectivity index (χ1v) is 9.56. The summed E-state index contributed by atoms with van der Waals surface area (Å²) in [7, 11) is 1.37. The van der Waals surface area contributed by atoms with Crippen LogP contribution in [0.3, 0.4) is 0 Å². The molecular formula is C24H20N4O4. The number of aromatic nitrogens is 4. The van der Waals surface area contributed by atoms with Crippen molar-refractivity contribution < 1.29 is 19.4 Å². The number of hydrogen-bond donors (Lipinski definition) is 1. The summed E-state index contributed by atoms with van der Waals surface area (Å²) in [5.74, 6) is -1.01. The molecular weight excluding hydrogens is 408 g/mol. The SMILES string of the molecule is COC(C(=O)O)c1ccc(-c2cnccn2)cc1.O=Cc1ccc(-c2cnccn2)cc1. The van der Waals surface area contributed by atoms with E-state index >= 15 is 0 Å². The number of methoxy groups -OCH3 is 1. The topological polar surface area (TPSA) is 115 Å². The van der Waals surface area contributed by atoms with Crippen LogP contribution in [0.15, 0.2) is 85.7 Å². The number of rotatable bonds is 6. The number of nitrogens with zero attached hydrogens (tertiary/aromatic N) is 4. The van der Waals surface area contributed by atoms with Gasteiger partial charge < -0.3 is 9.84 Å². The molecule has 0 aliphatic rings. The molecule has 0 spiro atoms. The molecule has 0 aliphatic carbocycles. The molecule has 0 amide bonds. The minimum atomic E-state index is -1.01. The van der Waals surface area contributed by atoms with E-state index in [-0.39, 0.29) is 0 Å². The zero-order chi connectivity index (χ0) is 22.8.